The van der Waals surface area contributed by atoms with Gasteiger partial charge in [-0.15, -0.1) is 0 Å². The minimum Gasteiger partial charge on any atom is -0.494 e. The van der Waals surface area contributed by atoms with Crippen molar-refractivity contribution in [3.8, 4) is 5.75 Å². The fourth-order valence-electron chi connectivity index (χ4n) is 2.98. The van der Waals surface area contributed by atoms with Gasteiger partial charge in [0.15, 0.2) is 0 Å². The topological polar surface area (TPSA) is 92.8 Å². The first-order valence-electron chi connectivity index (χ1n) is 9.01. The highest BCUT2D eigenvalue weighted by atomic mass is 32.2. The molecule has 7 nitrogen and oxygen atoms in total. The van der Waals surface area contributed by atoms with Crippen LogP contribution in [0.1, 0.15) is 41.0 Å². The molecule has 0 saturated carbocycles. The van der Waals surface area contributed by atoms with Gasteiger partial charge in [-0.25, -0.2) is 12.7 Å². The normalized spacial score (nSPS) is 14.8. The molecule has 2 aromatic carbocycles. The van der Waals surface area contributed by atoms with Gasteiger partial charge in [0.2, 0.25) is 0 Å². The van der Waals surface area contributed by atoms with Crippen LogP contribution < -0.4 is 10.1 Å². The fraction of sp³-hybridized carbons (Fsp3) is 0.300. The third-order valence-electron chi connectivity index (χ3n) is 4.30. The summed E-state index contributed by atoms with van der Waals surface area (Å²) in [6, 6.07) is 13.0. The summed E-state index contributed by atoms with van der Waals surface area (Å²) in [4.78, 5) is 24.5. The van der Waals surface area contributed by atoms with Crippen LogP contribution in [-0.4, -0.2) is 43.7 Å². The van der Waals surface area contributed by atoms with Crippen LogP contribution >= 0.6 is 0 Å². The van der Waals surface area contributed by atoms with Gasteiger partial charge < -0.3 is 10.1 Å². The molecule has 148 valence electrons. The summed E-state index contributed by atoms with van der Waals surface area (Å²) in [7, 11) is -3.93. The van der Waals surface area contributed by atoms with Gasteiger partial charge in [0.05, 0.1) is 12.2 Å². The van der Waals surface area contributed by atoms with Gasteiger partial charge in [-0.05, 0) is 50.6 Å². The van der Waals surface area contributed by atoms with Gasteiger partial charge in [-0.3, -0.25) is 9.59 Å². The third kappa shape index (κ3) is 3.87. The molecule has 0 radical (unpaired) electrons. The smallest absolute Gasteiger partial charge is 0.269 e. The second kappa shape index (κ2) is 8.02. The van der Waals surface area contributed by atoms with Crippen LogP contribution in [-0.2, 0) is 10.0 Å². The van der Waals surface area contributed by atoms with E-state index in [4.69, 9.17) is 4.74 Å². The molecule has 0 spiro atoms. The van der Waals surface area contributed by atoms with E-state index in [-0.39, 0.29) is 16.0 Å². The maximum Gasteiger partial charge on any atom is 0.269 e. The average Bonchev–Trinajstić information content (AvgIpc) is 2.87. The van der Waals surface area contributed by atoms with Crippen molar-refractivity contribution in [3.05, 3.63) is 59.7 Å². The third-order valence-corrected chi connectivity index (χ3v) is 6.30. The summed E-state index contributed by atoms with van der Waals surface area (Å²) in [6.45, 7) is 4.09. The Morgan fingerprint density at radius 1 is 1.14 bits per heavy atom. The molecule has 1 heterocycles. The minimum absolute atomic E-state index is 0.0986. The number of rotatable bonds is 7. The van der Waals surface area contributed by atoms with Crippen molar-refractivity contribution in [2.45, 2.75) is 31.2 Å². The molecule has 2 amide bonds. The van der Waals surface area contributed by atoms with Crippen LogP contribution in [0.25, 0.3) is 0 Å². The van der Waals surface area contributed by atoms with Gasteiger partial charge in [0.1, 0.15) is 10.6 Å². The molecule has 1 N–H and O–H groups in total. The number of carbonyl (C=O) groups excluding carboxylic acids is 2. The summed E-state index contributed by atoms with van der Waals surface area (Å²) >= 11 is 0. The summed E-state index contributed by atoms with van der Waals surface area (Å²) in [5.41, 5.74) is 0.297. The molecule has 0 aliphatic carbocycles. The Hall–Kier alpha value is -2.87. The number of hydrogen-bond donors (Lipinski definition) is 1. The van der Waals surface area contributed by atoms with Crippen LogP contribution in [0.2, 0.25) is 0 Å². The molecular formula is C20H22N2O5S. The van der Waals surface area contributed by atoms with E-state index in [1.165, 1.54) is 18.2 Å². The number of carbonyl (C=O) groups is 2. The Bertz CT molecular complexity index is 987. The molecule has 0 aromatic heterocycles. The molecule has 28 heavy (non-hydrogen) atoms. The molecule has 1 aliphatic rings. The van der Waals surface area contributed by atoms with E-state index in [1.807, 2.05) is 30.3 Å². The monoisotopic (exact) mass is 402 g/mol. The molecule has 8 heteroatoms. The van der Waals surface area contributed by atoms with Crippen molar-refractivity contribution in [3.63, 3.8) is 0 Å². The number of hydrogen-bond acceptors (Lipinski definition) is 5. The summed E-state index contributed by atoms with van der Waals surface area (Å²) in [5, 5.41) is 2.74. The van der Waals surface area contributed by atoms with Crippen LogP contribution in [0.4, 0.5) is 0 Å². The first-order valence-corrected chi connectivity index (χ1v) is 10.4. The largest absolute Gasteiger partial charge is 0.494 e. The first kappa shape index (κ1) is 19.9. The fourth-order valence-corrected chi connectivity index (χ4v) is 4.78. The Labute approximate surface area is 164 Å². The highest BCUT2D eigenvalue weighted by molar-refractivity contribution is 7.90. The van der Waals surface area contributed by atoms with Gasteiger partial charge >= 0.3 is 0 Å². The number of sulfonamides is 1. The molecule has 3 rings (SSSR count). The lowest BCUT2D eigenvalue weighted by atomic mass is 10.1. The van der Waals surface area contributed by atoms with Crippen molar-refractivity contribution >= 4 is 21.8 Å². The van der Waals surface area contributed by atoms with Gasteiger partial charge in [0, 0.05) is 18.2 Å². The zero-order valence-electron chi connectivity index (χ0n) is 15.7. The lowest BCUT2D eigenvalue weighted by Gasteiger charge is -2.18. The molecule has 0 bridgehead atoms. The van der Waals surface area contributed by atoms with E-state index in [1.54, 1.807) is 13.8 Å². The summed E-state index contributed by atoms with van der Waals surface area (Å²) in [5.74, 6) is -0.194. The Morgan fingerprint density at radius 2 is 1.86 bits per heavy atom. The number of amides is 2. The molecule has 1 aliphatic heterocycles. The maximum atomic E-state index is 12.6. The van der Waals surface area contributed by atoms with E-state index < -0.39 is 27.9 Å². The van der Waals surface area contributed by atoms with Crippen LogP contribution in [0.15, 0.2) is 53.4 Å². The Balaban J connectivity index is 1.60. The highest BCUT2D eigenvalue weighted by Crippen LogP contribution is 2.32. The summed E-state index contributed by atoms with van der Waals surface area (Å²) < 4.78 is 31.6. The Morgan fingerprint density at radius 3 is 2.54 bits per heavy atom. The van der Waals surface area contributed by atoms with Crippen LogP contribution in [0.3, 0.4) is 0 Å². The first-order chi connectivity index (χ1) is 13.3. The molecule has 0 unspecified atom stereocenters. The second-order valence-electron chi connectivity index (χ2n) is 6.68. The number of nitrogens with zero attached hydrogens (tertiary/aromatic N) is 1. The van der Waals surface area contributed by atoms with Gasteiger partial charge in [-0.1, -0.05) is 18.2 Å². The van der Waals surface area contributed by atoms with E-state index in [2.05, 4.69) is 5.32 Å². The SMILES string of the molecule is CC(C)N1C(=O)c2ccc(C(=O)NCCCOc3ccccc3)cc2S1(=O)=O. The van der Waals surface area contributed by atoms with E-state index in [0.717, 1.165) is 10.1 Å². The van der Waals surface area contributed by atoms with Crippen LogP contribution in [0.5, 0.6) is 5.75 Å². The predicted octanol–water partition coefficient (Wildman–Crippen LogP) is 2.44. The molecule has 0 saturated heterocycles. The number of benzene rings is 2. The van der Waals surface area contributed by atoms with Crippen molar-refractivity contribution in [2.75, 3.05) is 13.2 Å². The highest BCUT2D eigenvalue weighted by Gasteiger charge is 2.42. The zero-order chi connectivity index (χ0) is 20.3. The molecular weight excluding hydrogens is 380 g/mol. The number of nitrogens with one attached hydrogen (secondary N) is 1. The Kier molecular flexibility index (Phi) is 5.69. The minimum atomic E-state index is -3.93. The predicted molar refractivity (Wildman–Crippen MR) is 104 cm³/mol. The van der Waals surface area contributed by atoms with Crippen molar-refractivity contribution in [1.82, 2.24) is 9.62 Å². The second-order valence-corrected chi connectivity index (χ2v) is 8.47. The van der Waals surface area contributed by atoms with Gasteiger partial charge in [0.25, 0.3) is 21.8 Å². The van der Waals surface area contributed by atoms with Crippen LogP contribution in [0, 0.1) is 0 Å². The summed E-state index contributed by atoms with van der Waals surface area (Å²) in [6.07, 6.45) is 0.601. The molecule has 0 atom stereocenters. The maximum absolute atomic E-state index is 12.6. The molecule has 2 aromatic rings. The van der Waals surface area contributed by atoms with Crippen molar-refractivity contribution in [1.29, 1.82) is 0 Å². The van der Waals surface area contributed by atoms with E-state index >= 15 is 0 Å². The van der Waals surface area contributed by atoms with Gasteiger partial charge in [-0.2, -0.15) is 0 Å². The molecule has 0 fully saturated rings. The van der Waals surface area contributed by atoms with Crippen molar-refractivity contribution < 1.29 is 22.7 Å². The lowest BCUT2D eigenvalue weighted by molar-refractivity contribution is 0.0845. The lowest BCUT2D eigenvalue weighted by Crippen LogP contribution is -2.36. The number of ether oxygens (including phenoxy) is 1. The van der Waals surface area contributed by atoms with E-state index in [0.29, 0.717) is 19.6 Å². The average molecular weight is 402 g/mol. The number of para-hydroxylation sites is 1. The number of fused-ring (bicyclic) bond motifs is 1. The van der Waals surface area contributed by atoms with Crippen molar-refractivity contribution in [2.24, 2.45) is 0 Å². The van der Waals surface area contributed by atoms with E-state index in [9.17, 15) is 18.0 Å². The zero-order valence-corrected chi connectivity index (χ0v) is 16.5. The standard InChI is InChI=1S/C20H22N2O5S/c1-14(2)22-20(24)17-10-9-15(13-18(17)28(22,25)26)19(23)21-11-6-12-27-16-7-4-3-5-8-16/h3-5,7-10,13-14H,6,11-12H2,1-2H3,(H,21,23). The quantitative estimate of drug-likeness (QED) is 0.718.